The van der Waals surface area contributed by atoms with E-state index in [1.165, 1.54) is 0 Å². The predicted octanol–water partition coefficient (Wildman–Crippen LogP) is 2.41. The number of rotatable bonds is 8. The predicted molar refractivity (Wildman–Crippen MR) is 100 cm³/mol. The highest BCUT2D eigenvalue weighted by molar-refractivity contribution is 5.79. The molecule has 1 aromatic carbocycles. The summed E-state index contributed by atoms with van der Waals surface area (Å²) in [5.74, 6) is 0.108. The number of aliphatic carboxylic acids is 1. The Balaban J connectivity index is 1.87. The number of piperidine rings is 1. The third-order valence-corrected chi connectivity index (χ3v) is 4.70. The zero-order chi connectivity index (χ0) is 19.1. The molecule has 1 aromatic rings. The van der Waals surface area contributed by atoms with Crippen LogP contribution in [0.25, 0.3) is 0 Å². The fourth-order valence-electron chi connectivity index (χ4n) is 3.44. The summed E-state index contributed by atoms with van der Waals surface area (Å²) in [5.41, 5.74) is 0.955. The number of carboxylic acid groups (broad SMARTS) is 1. The minimum atomic E-state index is -0.797. The second-order valence-corrected chi connectivity index (χ2v) is 7.06. The van der Waals surface area contributed by atoms with Crippen LogP contribution in [0.15, 0.2) is 24.3 Å². The molecular weight excluding hydrogens is 332 g/mol. The van der Waals surface area contributed by atoms with Crippen LogP contribution in [-0.4, -0.2) is 65.1 Å². The van der Waals surface area contributed by atoms with Crippen molar-refractivity contribution in [3.05, 3.63) is 29.8 Å². The fraction of sp³-hybridized carbons (Fsp3) is 0.600. The molecule has 0 atom stereocenters. The van der Waals surface area contributed by atoms with E-state index in [-0.39, 0.29) is 24.6 Å². The van der Waals surface area contributed by atoms with Crippen LogP contribution in [0, 0.1) is 0 Å². The topological polar surface area (TPSA) is 70.1 Å². The summed E-state index contributed by atoms with van der Waals surface area (Å²) < 4.78 is 5.69. The van der Waals surface area contributed by atoms with E-state index in [1.54, 1.807) is 0 Å². The Labute approximate surface area is 155 Å². The van der Waals surface area contributed by atoms with Crippen molar-refractivity contribution in [1.82, 2.24) is 9.80 Å². The third-order valence-electron chi connectivity index (χ3n) is 4.70. The number of amides is 1. The van der Waals surface area contributed by atoms with Crippen molar-refractivity contribution in [3.8, 4) is 5.75 Å². The molecule has 0 aromatic heterocycles. The van der Waals surface area contributed by atoms with Gasteiger partial charge in [0.05, 0.1) is 19.1 Å². The van der Waals surface area contributed by atoms with Crippen LogP contribution in [0.5, 0.6) is 5.75 Å². The maximum Gasteiger partial charge on any atom is 0.317 e. The van der Waals surface area contributed by atoms with Crippen molar-refractivity contribution in [2.45, 2.75) is 52.2 Å². The van der Waals surface area contributed by atoms with Crippen molar-refractivity contribution in [3.63, 3.8) is 0 Å². The van der Waals surface area contributed by atoms with Gasteiger partial charge in [-0.15, -0.1) is 0 Å². The molecule has 1 saturated heterocycles. The van der Waals surface area contributed by atoms with Crippen molar-refractivity contribution in [2.24, 2.45) is 0 Å². The van der Waals surface area contributed by atoms with Gasteiger partial charge in [0, 0.05) is 19.1 Å². The number of carboxylic acids is 1. The smallest absolute Gasteiger partial charge is 0.317 e. The third kappa shape index (κ3) is 6.02. The molecule has 1 N–H and O–H groups in total. The quantitative estimate of drug-likeness (QED) is 0.769. The lowest BCUT2D eigenvalue weighted by Gasteiger charge is -2.37. The molecule has 0 unspecified atom stereocenters. The molecular formula is C20H30N2O4. The first-order valence-corrected chi connectivity index (χ1v) is 9.38. The van der Waals surface area contributed by atoms with Gasteiger partial charge in [-0.1, -0.05) is 19.1 Å². The molecule has 1 fully saturated rings. The van der Waals surface area contributed by atoms with Gasteiger partial charge < -0.3 is 14.7 Å². The van der Waals surface area contributed by atoms with Gasteiger partial charge in [0.2, 0.25) is 5.91 Å². The molecule has 0 bridgehead atoms. The number of carbonyl (C=O) groups excluding carboxylic acids is 1. The minimum absolute atomic E-state index is 0.0672. The molecule has 1 aliphatic rings. The Morgan fingerprint density at radius 1 is 1.31 bits per heavy atom. The summed E-state index contributed by atoms with van der Waals surface area (Å²) >= 11 is 0. The molecule has 1 heterocycles. The van der Waals surface area contributed by atoms with Crippen LogP contribution in [0.4, 0.5) is 0 Å². The number of benzene rings is 1. The first-order chi connectivity index (χ1) is 12.4. The average molecular weight is 362 g/mol. The van der Waals surface area contributed by atoms with Gasteiger partial charge >= 0.3 is 5.97 Å². The van der Waals surface area contributed by atoms with Crippen LogP contribution in [0.3, 0.4) is 0 Å². The molecule has 6 heteroatoms. The van der Waals surface area contributed by atoms with Crippen LogP contribution in [0.2, 0.25) is 0 Å². The molecule has 1 aliphatic heterocycles. The molecule has 144 valence electrons. The normalized spacial score (nSPS) is 15.5. The number of hydrogen-bond donors (Lipinski definition) is 1. The largest absolute Gasteiger partial charge is 0.491 e. The number of ether oxygens (including phenoxy) is 1. The van der Waals surface area contributed by atoms with Gasteiger partial charge in [-0.25, -0.2) is 0 Å². The maximum atomic E-state index is 12.6. The Kier molecular flexibility index (Phi) is 7.45. The van der Waals surface area contributed by atoms with Gasteiger partial charge in [-0.3, -0.25) is 14.5 Å². The molecule has 0 saturated carbocycles. The van der Waals surface area contributed by atoms with E-state index in [2.05, 4.69) is 0 Å². The standard InChI is InChI=1S/C20H30N2O4/c1-4-21(14-20(24)25)17-8-10-22(11-9-17)19(23)13-16-6-5-7-18(12-16)26-15(2)3/h5-7,12,15,17H,4,8-11,13-14H2,1-3H3,(H,24,25). The molecule has 0 spiro atoms. The van der Waals surface area contributed by atoms with E-state index < -0.39 is 5.97 Å². The Hall–Kier alpha value is -2.08. The number of hydrogen-bond acceptors (Lipinski definition) is 4. The molecule has 6 nitrogen and oxygen atoms in total. The maximum absolute atomic E-state index is 12.6. The number of nitrogens with zero attached hydrogens (tertiary/aromatic N) is 2. The van der Waals surface area contributed by atoms with E-state index in [4.69, 9.17) is 9.84 Å². The lowest BCUT2D eigenvalue weighted by molar-refractivity contribution is -0.140. The average Bonchev–Trinajstić information content (AvgIpc) is 2.59. The summed E-state index contributed by atoms with van der Waals surface area (Å²) in [6.45, 7) is 8.08. The summed E-state index contributed by atoms with van der Waals surface area (Å²) in [6.07, 6.45) is 2.12. The molecule has 0 aliphatic carbocycles. The highest BCUT2D eigenvalue weighted by Gasteiger charge is 2.27. The summed E-state index contributed by atoms with van der Waals surface area (Å²) in [6, 6.07) is 7.93. The van der Waals surface area contributed by atoms with Gasteiger partial charge in [0.25, 0.3) is 0 Å². The van der Waals surface area contributed by atoms with Gasteiger partial charge in [-0.05, 0) is 50.9 Å². The molecule has 26 heavy (non-hydrogen) atoms. The highest BCUT2D eigenvalue weighted by atomic mass is 16.5. The summed E-state index contributed by atoms with van der Waals surface area (Å²) in [5, 5.41) is 9.01. The van der Waals surface area contributed by atoms with Gasteiger partial charge in [0.15, 0.2) is 0 Å². The van der Waals surface area contributed by atoms with E-state index >= 15 is 0 Å². The van der Waals surface area contributed by atoms with Crippen LogP contribution in [-0.2, 0) is 16.0 Å². The molecule has 0 radical (unpaired) electrons. The van der Waals surface area contributed by atoms with Crippen molar-refractivity contribution < 1.29 is 19.4 Å². The van der Waals surface area contributed by atoms with Gasteiger partial charge in [-0.2, -0.15) is 0 Å². The van der Waals surface area contributed by atoms with Crippen molar-refractivity contribution in [2.75, 3.05) is 26.2 Å². The summed E-state index contributed by atoms with van der Waals surface area (Å²) in [7, 11) is 0. The Bertz CT molecular complexity index is 610. The minimum Gasteiger partial charge on any atom is -0.491 e. The monoisotopic (exact) mass is 362 g/mol. The number of likely N-dealkylation sites (N-methyl/N-ethyl adjacent to an activating group) is 1. The lowest BCUT2D eigenvalue weighted by Crippen LogP contribution is -2.48. The summed E-state index contributed by atoms with van der Waals surface area (Å²) in [4.78, 5) is 27.4. The second kappa shape index (κ2) is 9.57. The second-order valence-electron chi connectivity index (χ2n) is 7.06. The first-order valence-electron chi connectivity index (χ1n) is 9.38. The lowest BCUT2D eigenvalue weighted by atomic mass is 10.0. The van der Waals surface area contributed by atoms with Gasteiger partial charge in [0.1, 0.15) is 5.75 Å². The van der Waals surface area contributed by atoms with E-state index in [1.807, 2.05) is 54.8 Å². The van der Waals surface area contributed by atoms with E-state index in [0.29, 0.717) is 26.1 Å². The first kappa shape index (κ1) is 20.2. The van der Waals surface area contributed by atoms with E-state index in [0.717, 1.165) is 24.2 Å². The van der Waals surface area contributed by atoms with Crippen LogP contribution in [0.1, 0.15) is 39.2 Å². The Morgan fingerprint density at radius 3 is 2.58 bits per heavy atom. The SMILES string of the molecule is CCN(CC(=O)O)C1CCN(C(=O)Cc2cccc(OC(C)C)c2)CC1. The molecule has 2 rings (SSSR count). The number of carbonyl (C=O) groups is 2. The zero-order valence-corrected chi connectivity index (χ0v) is 16.0. The van der Waals surface area contributed by atoms with Crippen LogP contribution >= 0.6 is 0 Å². The van der Waals surface area contributed by atoms with Crippen molar-refractivity contribution >= 4 is 11.9 Å². The fourth-order valence-corrected chi connectivity index (χ4v) is 3.44. The van der Waals surface area contributed by atoms with Crippen molar-refractivity contribution in [1.29, 1.82) is 0 Å². The highest BCUT2D eigenvalue weighted by Crippen LogP contribution is 2.19. The van der Waals surface area contributed by atoms with Crippen LogP contribution < -0.4 is 4.74 Å². The Morgan fingerprint density at radius 2 is 2.00 bits per heavy atom. The molecule has 1 amide bonds. The van der Waals surface area contributed by atoms with E-state index in [9.17, 15) is 9.59 Å². The zero-order valence-electron chi connectivity index (χ0n) is 16.0. The number of likely N-dealkylation sites (tertiary alicyclic amines) is 1.